The molecule has 152 valence electrons. The fourth-order valence-electron chi connectivity index (χ4n) is 3.01. The van der Waals surface area contributed by atoms with Crippen LogP contribution in [-0.4, -0.2) is 25.1 Å². The van der Waals surface area contributed by atoms with E-state index in [1.807, 2.05) is 60.7 Å². The molecule has 0 saturated carbocycles. The second kappa shape index (κ2) is 8.19. The molecule has 0 amide bonds. The number of rotatable bonds is 6. The van der Waals surface area contributed by atoms with E-state index < -0.39 is 0 Å². The molecule has 31 heavy (non-hydrogen) atoms. The van der Waals surface area contributed by atoms with Crippen molar-refractivity contribution in [2.75, 3.05) is 0 Å². The third-order valence-corrected chi connectivity index (χ3v) is 4.46. The predicted molar refractivity (Wildman–Crippen MR) is 113 cm³/mol. The average Bonchev–Trinajstić information content (AvgIpc) is 3.24. The zero-order chi connectivity index (χ0) is 21.0. The van der Waals surface area contributed by atoms with Crippen LogP contribution in [0.3, 0.4) is 0 Å². The third kappa shape index (κ3) is 4.18. The maximum Gasteiger partial charge on any atom is 0.264 e. The van der Waals surface area contributed by atoms with Crippen LogP contribution in [0.25, 0.3) is 22.3 Å². The van der Waals surface area contributed by atoms with Gasteiger partial charge in [-0.1, -0.05) is 17.3 Å². The van der Waals surface area contributed by atoms with Crippen molar-refractivity contribution in [2.24, 2.45) is 0 Å². The topological polar surface area (TPSA) is 96.1 Å². The van der Waals surface area contributed by atoms with Gasteiger partial charge in [0.2, 0.25) is 5.88 Å². The van der Waals surface area contributed by atoms with Gasteiger partial charge in [0.1, 0.15) is 11.5 Å². The summed E-state index contributed by atoms with van der Waals surface area (Å²) in [4.78, 5) is 17.6. The number of ether oxygens (including phenoxy) is 2. The van der Waals surface area contributed by atoms with E-state index in [1.165, 1.54) is 0 Å². The van der Waals surface area contributed by atoms with Crippen molar-refractivity contribution in [3.05, 3.63) is 84.8 Å². The number of pyridine rings is 1. The van der Waals surface area contributed by atoms with Crippen molar-refractivity contribution in [2.45, 2.75) is 13.5 Å². The Balaban J connectivity index is 1.39. The van der Waals surface area contributed by atoms with Gasteiger partial charge in [-0.3, -0.25) is 4.98 Å². The van der Waals surface area contributed by atoms with Gasteiger partial charge in [0.15, 0.2) is 18.3 Å². The molecule has 0 bridgehead atoms. The van der Waals surface area contributed by atoms with Gasteiger partial charge < -0.3 is 14.0 Å². The zero-order valence-corrected chi connectivity index (χ0v) is 16.6. The van der Waals surface area contributed by atoms with Crippen LogP contribution in [0.2, 0.25) is 0 Å². The number of para-hydroxylation sites is 1. The van der Waals surface area contributed by atoms with Crippen LogP contribution in [0.4, 0.5) is 0 Å². The van der Waals surface area contributed by atoms with Crippen LogP contribution < -0.4 is 9.47 Å². The molecule has 2 aromatic carbocycles. The lowest BCUT2D eigenvalue weighted by Gasteiger charge is -2.10. The van der Waals surface area contributed by atoms with Crippen LogP contribution in [0.1, 0.15) is 11.7 Å². The molecule has 0 N–H and O–H groups in total. The molecule has 3 aromatic heterocycles. The van der Waals surface area contributed by atoms with Crippen molar-refractivity contribution < 1.29 is 14.0 Å². The smallest absolute Gasteiger partial charge is 0.264 e. The lowest BCUT2D eigenvalue weighted by atomic mass is 10.2. The van der Waals surface area contributed by atoms with Gasteiger partial charge in [-0.05, 0) is 55.5 Å². The second-order valence-electron chi connectivity index (χ2n) is 6.71. The molecule has 8 nitrogen and oxygen atoms in total. The summed E-state index contributed by atoms with van der Waals surface area (Å²) in [6, 6.07) is 18.7. The first kappa shape index (κ1) is 18.7. The van der Waals surface area contributed by atoms with Gasteiger partial charge in [-0.25, -0.2) is 4.98 Å². The van der Waals surface area contributed by atoms with Crippen LogP contribution in [0.5, 0.6) is 17.4 Å². The van der Waals surface area contributed by atoms with Gasteiger partial charge in [0, 0.05) is 18.0 Å². The first-order chi connectivity index (χ1) is 15.2. The summed E-state index contributed by atoms with van der Waals surface area (Å²) in [6.07, 6.45) is 3.44. The molecule has 0 aliphatic carbocycles. The number of benzene rings is 2. The minimum absolute atomic E-state index is 0.200. The lowest BCUT2D eigenvalue weighted by molar-refractivity contribution is 0.242. The zero-order valence-electron chi connectivity index (χ0n) is 16.6. The third-order valence-electron chi connectivity index (χ3n) is 4.46. The molecule has 0 unspecified atom stereocenters. The Morgan fingerprint density at radius 2 is 1.71 bits per heavy atom. The van der Waals surface area contributed by atoms with Gasteiger partial charge in [-0.2, -0.15) is 9.97 Å². The van der Waals surface area contributed by atoms with Crippen molar-refractivity contribution in [3.8, 4) is 28.8 Å². The van der Waals surface area contributed by atoms with E-state index in [2.05, 4.69) is 25.1 Å². The number of hydrogen-bond donors (Lipinski definition) is 0. The maximum absolute atomic E-state index is 6.11. The Labute approximate surface area is 177 Å². The normalized spacial score (nSPS) is 10.9. The van der Waals surface area contributed by atoms with E-state index in [4.69, 9.17) is 14.0 Å². The molecule has 0 fully saturated rings. The standard InChI is InChI=1S/C23H17N5O3/c1-15-25-21(31-28-15)14-29-17-8-10-18(11-9-17)30-23-19-6-2-3-7-20(19)26-22(27-23)16-5-4-12-24-13-16/h2-13H,14H2,1H3. The summed E-state index contributed by atoms with van der Waals surface area (Å²) in [5, 5.41) is 4.56. The van der Waals surface area contributed by atoms with Gasteiger partial charge in [0.25, 0.3) is 5.89 Å². The van der Waals surface area contributed by atoms with Crippen molar-refractivity contribution in [3.63, 3.8) is 0 Å². The molecule has 0 aliphatic heterocycles. The van der Waals surface area contributed by atoms with Gasteiger partial charge >= 0.3 is 0 Å². The molecule has 0 spiro atoms. The molecular weight excluding hydrogens is 394 g/mol. The highest BCUT2D eigenvalue weighted by molar-refractivity contribution is 5.85. The molecule has 5 aromatic rings. The Kier molecular flexibility index (Phi) is 4.94. The molecule has 5 rings (SSSR count). The monoisotopic (exact) mass is 411 g/mol. The van der Waals surface area contributed by atoms with E-state index in [0.29, 0.717) is 34.9 Å². The molecule has 0 radical (unpaired) electrons. The summed E-state index contributed by atoms with van der Waals surface area (Å²) in [6.45, 7) is 1.96. The molecule has 0 aliphatic rings. The summed E-state index contributed by atoms with van der Waals surface area (Å²) < 4.78 is 16.8. The van der Waals surface area contributed by atoms with E-state index in [0.717, 1.165) is 16.5 Å². The minimum Gasteiger partial charge on any atom is -0.484 e. The fraction of sp³-hybridized carbons (Fsp3) is 0.0870. The molecular formula is C23H17N5O3. The van der Waals surface area contributed by atoms with Gasteiger partial charge in [0.05, 0.1) is 10.9 Å². The number of aryl methyl sites for hydroxylation is 1. The average molecular weight is 411 g/mol. The Bertz CT molecular complexity index is 1320. The van der Waals surface area contributed by atoms with E-state index in [1.54, 1.807) is 19.3 Å². The van der Waals surface area contributed by atoms with Crippen LogP contribution in [0, 0.1) is 6.92 Å². The molecule has 0 saturated heterocycles. The van der Waals surface area contributed by atoms with Crippen LogP contribution >= 0.6 is 0 Å². The van der Waals surface area contributed by atoms with E-state index in [9.17, 15) is 0 Å². The fourth-order valence-corrected chi connectivity index (χ4v) is 3.01. The predicted octanol–water partition coefficient (Wildman–Crippen LogP) is 4.75. The first-order valence-electron chi connectivity index (χ1n) is 9.62. The highest BCUT2D eigenvalue weighted by Gasteiger charge is 2.12. The number of fused-ring (bicyclic) bond motifs is 1. The SMILES string of the molecule is Cc1noc(COc2ccc(Oc3nc(-c4cccnc4)nc4ccccc34)cc2)n1. The number of hydrogen-bond acceptors (Lipinski definition) is 8. The second-order valence-corrected chi connectivity index (χ2v) is 6.71. The van der Waals surface area contributed by atoms with Crippen LogP contribution in [0.15, 0.2) is 77.6 Å². The summed E-state index contributed by atoms with van der Waals surface area (Å²) >= 11 is 0. The number of nitrogens with zero attached hydrogens (tertiary/aromatic N) is 5. The molecule has 3 heterocycles. The van der Waals surface area contributed by atoms with E-state index >= 15 is 0 Å². The molecule has 8 heteroatoms. The summed E-state index contributed by atoms with van der Waals surface area (Å²) in [5.41, 5.74) is 1.61. The quantitative estimate of drug-likeness (QED) is 0.395. The van der Waals surface area contributed by atoms with E-state index in [-0.39, 0.29) is 6.61 Å². The minimum atomic E-state index is 0.200. The van der Waals surface area contributed by atoms with Crippen molar-refractivity contribution >= 4 is 10.9 Å². The highest BCUT2D eigenvalue weighted by Crippen LogP contribution is 2.30. The lowest BCUT2D eigenvalue weighted by Crippen LogP contribution is -1.97. The summed E-state index contributed by atoms with van der Waals surface area (Å²) in [7, 11) is 0. The Morgan fingerprint density at radius 3 is 2.48 bits per heavy atom. The largest absolute Gasteiger partial charge is 0.484 e. The summed E-state index contributed by atoms with van der Waals surface area (Å²) in [5.74, 6) is 3.31. The molecule has 0 atom stereocenters. The first-order valence-corrected chi connectivity index (χ1v) is 9.62. The number of aromatic nitrogens is 5. The highest BCUT2D eigenvalue weighted by atomic mass is 16.5. The maximum atomic E-state index is 6.11. The van der Waals surface area contributed by atoms with Crippen molar-refractivity contribution in [1.29, 1.82) is 0 Å². The Morgan fingerprint density at radius 1 is 0.871 bits per heavy atom. The van der Waals surface area contributed by atoms with Gasteiger partial charge in [-0.15, -0.1) is 0 Å². The van der Waals surface area contributed by atoms with Crippen molar-refractivity contribution in [1.82, 2.24) is 25.1 Å². The van der Waals surface area contributed by atoms with Crippen LogP contribution in [-0.2, 0) is 6.61 Å². The Hall–Kier alpha value is -4.33.